The number of nitrogens with zero attached hydrogens (tertiary/aromatic N) is 7. The summed E-state index contributed by atoms with van der Waals surface area (Å²) in [7, 11) is -9.83. The van der Waals surface area contributed by atoms with Crippen LogP contribution < -0.4 is 15.9 Å². The Labute approximate surface area is 331 Å². The van der Waals surface area contributed by atoms with Gasteiger partial charge in [0.2, 0.25) is 0 Å². The van der Waals surface area contributed by atoms with Crippen molar-refractivity contribution in [3.8, 4) is 23.1 Å². The summed E-state index contributed by atoms with van der Waals surface area (Å²) in [6, 6.07) is 20.0. The van der Waals surface area contributed by atoms with Gasteiger partial charge in [-0.1, -0.05) is 36.4 Å². The summed E-state index contributed by atoms with van der Waals surface area (Å²) in [5.74, 6) is -3.29. The number of phenols is 2. The molecule has 57 heavy (non-hydrogen) atoms. The number of azo groups is 2. The molecular formula is C33H24CrN8O13S2+. The maximum Gasteiger partial charge on any atom is 3.00 e. The number of hydrogen-bond acceptors (Lipinski definition) is 17. The number of fused-ring (bicyclic) bond motifs is 1. The van der Waals surface area contributed by atoms with Gasteiger partial charge in [-0.3, -0.25) is 19.2 Å². The molecular weight excluding hydrogens is 833 g/mol. The number of nitrogen functional groups attached to an aromatic ring is 1. The molecule has 5 aromatic carbocycles. The van der Waals surface area contributed by atoms with E-state index in [1.807, 2.05) is 6.07 Å². The molecule has 6 N–H and O–H groups in total. The number of nitro groups is 1. The Kier molecular flexibility index (Phi) is 12.7. The monoisotopic (exact) mass is 856 g/mol. The number of anilines is 1. The van der Waals surface area contributed by atoms with Crippen molar-refractivity contribution in [2.75, 3.05) is 5.73 Å². The number of rotatable bonds is 9. The molecule has 0 saturated heterocycles. The van der Waals surface area contributed by atoms with Crippen LogP contribution in [0.4, 0.5) is 34.1 Å². The zero-order chi connectivity index (χ0) is 41.1. The fraction of sp³-hybridized carbons (Fsp3) is 0.0303. The number of aryl methyl sites for hydroxylation is 1. The van der Waals surface area contributed by atoms with E-state index in [1.165, 1.54) is 16.8 Å². The molecule has 0 aliphatic carbocycles. The van der Waals surface area contributed by atoms with Crippen molar-refractivity contribution in [2.45, 2.75) is 16.7 Å². The Hall–Kier alpha value is -6.81. The van der Waals surface area contributed by atoms with Crippen LogP contribution in [0.25, 0.3) is 16.5 Å². The zero-order valence-corrected chi connectivity index (χ0v) is 31.5. The number of aromatic carboxylic acids is 1. The van der Waals surface area contributed by atoms with Gasteiger partial charge in [0, 0.05) is 34.6 Å². The molecule has 0 saturated carbocycles. The molecule has 291 valence electrons. The van der Waals surface area contributed by atoms with Crippen LogP contribution in [0, 0.1) is 17.0 Å². The normalized spacial score (nSPS) is 11.6. The molecule has 1 radical (unpaired) electrons. The number of non-ortho nitro benzene ring substituents is 1. The molecule has 0 bridgehead atoms. The summed E-state index contributed by atoms with van der Waals surface area (Å²) in [6.45, 7) is 1.64. The Morgan fingerprint density at radius 1 is 0.825 bits per heavy atom. The van der Waals surface area contributed by atoms with Crippen LogP contribution in [-0.4, -0.2) is 56.8 Å². The number of carbonyl (C=O) groups excluding carboxylic acids is 1. The van der Waals surface area contributed by atoms with Crippen LogP contribution in [0.1, 0.15) is 16.1 Å². The van der Waals surface area contributed by atoms with Crippen molar-refractivity contribution in [3.05, 3.63) is 112 Å². The van der Waals surface area contributed by atoms with Crippen LogP contribution in [0.2, 0.25) is 0 Å². The van der Waals surface area contributed by atoms with Gasteiger partial charge in [-0.05, 0) is 54.8 Å². The second-order valence-corrected chi connectivity index (χ2v) is 14.1. The molecule has 0 amide bonds. The van der Waals surface area contributed by atoms with Gasteiger partial charge in [-0.15, -0.1) is 20.5 Å². The number of carboxylic acids is 1. The number of carbonyl (C=O) groups is 1. The van der Waals surface area contributed by atoms with Gasteiger partial charge >= 0.3 is 17.4 Å². The van der Waals surface area contributed by atoms with Gasteiger partial charge < -0.3 is 31.0 Å². The molecule has 6 rings (SSSR count). The van der Waals surface area contributed by atoms with E-state index in [0.717, 1.165) is 36.4 Å². The number of aromatic hydroxyl groups is 2. The number of para-hydroxylation sites is 1. The van der Waals surface area contributed by atoms with Crippen molar-refractivity contribution in [3.63, 3.8) is 0 Å². The van der Waals surface area contributed by atoms with Crippen LogP contribution in [0.3, 0.4) is 0 Å². The number of hydrogen-bond donors (Lipinski definition) is 5. The minimum atomic E-state index is -5.08. The van der Waals surface area contributed by atoms with Gasteiger partial charge in [0.1, 0.15) is 27.7 Å². The van der Waals surface area contributed by atoms with E-state index in [2.05, 4.69) is 25.6 Å². The maximum atomic E-state index is 12.4. The topological polar surface area (TPSA) is 349 Å². The van der Waals surface area contributed by atoms with Crippen molar-refractivity contribution < 1.29 is 73.4 Å². The van der Waals surface area contributed by atoms with E-state index in [9.17, 15) is 61.3 Å². The number of phenolic OH excluding ortho intramolecular Hbond substituents is 2. The predicted octanol–water partition coefficient (Wildman–Crippen LogP) is 4.68. The molecule has 24 heteroatoms. The summed E-state index contributed by atoms with van der Waals surface area (Å²) in [5, 5.41) is 73.1. The van der Waals surface area contributed by atoms with Gasteiger partial charge in [0.25, 0.3) is 25.9 Å². The maximum absolute atomic E-state index is 12.4. The standard InChI is InChI=1S/C17H14N4O3.C16H12N4O10S2.Cr/c1-11-15(16(22)21(20-11)12-7-3-2-4-8-12)19-18-14-10-6-5-9-13(14)17(23)24;17-10-6-9(31(25,26)27)3-7-4-13(32(28,29)30)15(16(22)14(7)10)19-18-11-5-8(20(23)24)1-2-12(11)21;/h2-10,22H,1H3,(H,23,24);1-6,21-22H,17H2,(H,25,26,27)(H,28,29,30);/q;;+3/p-2. The average molecular weight is 857 g/mol. The third-order valence-corrected chi connectivity index (χ3v) is 9.23. The molecule has 6 aromatic rings. The van der Waals surface area contributed by atoms with Crippen LogP contribution in [0.15, 0.2) is 121 Å². The fourth-order valence-corrected chi connectivity index (χ4v) is 6.15. The summed E-state index contributed by atoms with van der Waals surface area (Å²) in [5.41, 5.74) is 4.64. The van der Waals surface area contributed by atoms with Gasteiger partial charge in [0.15, 0.2) is 5.75 Å². The van der Waals surface area contributed by atoms with Crippen LogP contribution in [0.5, 0.6) is 17.4 Å². The first kappa shape index (κ1) is 42.9. The quantitative estimate of drug-likeness (QED) is 0.0433. The summed E-state index contributed by atoms with van der Waals surface area (Å²) in [6.07, 6.45) is 0. The molecule has 0 atom stereocenters. The van der Waals surface area contributed by atoms with Crippen molar-refractivity contribution in [2.24, 2.45) is 20.5 Å². The molecule has 0 spiro atoms. The van der Waals surface area contributed by atoms with Crippen LogP contribution in [-0.2, 0) is 37.6 Å². The van der Waals surface area contributed by atoms with E-state index < -0.39 is 81.0 Å². The van der Waals surface area contributed by atoms with Crippen LogP contribution >= 0.6 is 0 Å². The SMILES string of the molecule is Cc1nn(-c2ccccc2)c([O-])c1N=Nc1ccccc1C(=O)[O-].Nc1cc(S(=O)(=O)O)cc2cc(S(=O)(=O)O)c(N=Nc3cc([N+](=O)[O-])ccc3O)c(O)c12.[Cr+3]. The first-order valence-corrected chi connectivity index (χ1v) is 18.1. The molecule has 0 unspecified atom stereocenters. The third kappa shape index (κ3) is 9.53. The third-order valence-electron chi connectivity index (χ3n) is 7.53. The molecule has 0 aliphatic heterocycles. The number of benzene rings is 5. The van der Waals surface area contributed by atoms with Gasteiger partial charge in [0.05, 0.1) is 32.9 Å². The summed E-state index contributed by atoms with van der Waals surface area (Å²) in [4.78, 5) is 19.4. The average Bonchev–Trinajstić information content (AvgIpc) is 3.42. The van der Waals surface area contributed by atoms with E-state index in [-0.39, 0.29) is 45.1 Å². The second-order valence-electron chi connectivity index (χ2n) is 11.3. The Bertz CT molecular complexity index is 2830. The zero-order valence-electron chi connectivity index (χ0n) is 28.6. The minimum Gasteiger partial charge on any atom is -0.857 e. The Balaban J connectivity index is 0.000000258. The molecule has 21 nitrogen and oxygen atoms in total. The Morgan fingerprint density at radius 3 is 2.05 bits per heavy atom. The Morgan fingerprint density at radius 2 is 1.44 bits per heavy atom. The first-order chi connectivity index (χ1) is 26.3. The fourth-order valence-electron chi connectivity index (χ4n) is 4.94. The minimum absolute atomic E-state index is 0. The van der Waals surface area contributed by atoms with E-state index in [0.29, 0.717) is 11.4 Å². The van der Waals surface area contributed by atoms with E-state index in [1.54, 1.807) is 43.3 Å². The van der Waals surface area contributed by atoms with Crippen molar-refractivity contribution >= 4 is 71.1 Å². The van der Waals surface area contributed by atoms with Crippen molar-refractivity contribution in [1.82, 2.24) is 9.78 Å². The summed E-state index contributed by atoms with van der Waals surface area (Å²) >= 11 is 0. The molecule has 0 aliphatic rings. The number of aromatic nitrogens is 2. The van der Waals surface area contributed by atoms with Gasteiger partial charge in [-0.25, -0.2) is 4.68 Å². The van der Waals surface area contributed by atoms with E-state index in [4.69, 9.17) is 5.73 Å². The predicted molar refractivity (Wildman–Crippen MR) is 191 cm³/mol. The number of nitro benzene ring substituents is 1. The number of carboxylic acid groups (broad SMARTS) is 1. The van der Waals surface area contributed by atoms with E-state index >= 15 is 0 Å². The second kappa shape index (κ2) is 16.9. The first-order valence-electron chi connectivity index (χ1n) is 15.3. The molecule has 0 fully saturated rings. The number of nitrogens with two attached hydrogens (primary N) is 1. The molecule has 1 aromatic heterocycles. The van der Waals surface area contributed by atoms with Gasteiger partial charge in [-0.2, -0.15) is 21.9 Å². The largest absolute Gasteiger partial charge is 3.00 e. The molecule has 1 heterocycles. The van der Waals surface area contributed by atoms with Crippen molar-refractivity contribution in [1.29, 1.82) is 0 Å². The summed E-state index contributed by atoms with van der Waals surface area (Å²) < 4.78 is 66.5. The smallest absolute Gasteiger partial charge is 0.857 e.